The van der Waals surface area contributed by atoms with Crippen LogP contribution in [0.25, 0.3) is 10.4 Å². The van der Waals surface area contributed by atoms with Gasteiger partial charge < -0.3 is 30.2 Å². The van der Waals surface area contributed by atoms with Crippen molar-refractivity contribution in [2.45, 2.75) is 48.8 Å². The van der Waals surface area contributed by atoms with Crippen molar-refractivity contribution in [3.05, 3.63) is 10.4 Å². The van der Waals surface area contributed by atoms with Crippen LogP contribution in [0.5, 0.6) is 0 Å². The van der Waals surface area contributed by atoms with Gasteiger partial charge in [-0.3, -0.25) is 4.79 Å². The molecule has 1 rings (SSSR count). The minimum Gasteiger partial charge on any atom is -0.466 e. The zero-order chi connectivity index (χ0) is 18.5. The van der Waals surface area contributed by atoms with Gasteiger partial charge in [-0.05, 0) is 5.53 Å². The van der Waals surface area contributed by atoms with E-state index in [2.05, 4.69) is 14.8 Å². The number of carbonyl (C=O) groups is 2. The lowest BCUT2D eigenvalue weighted by molar-refractivity contribution is -0.199. The predicted molar refractivity (Wildman–Crippen MR) is 79.6 cm³/mol. The van der Waals surface area contributed by atoms with Crippen LogP contribution in [0.4, 0.5) is 0 Å². The molecule has 0 spiro atoms. The van der Waals surface area contributed by atoms with Crippen LogP contribution < -0.4 is 5.73 Å². The summed E-state index contributed by atoms with van der Waals surface area (Å²) in [6.45, 7) is 0.354. The van der Waals surface area contributed by atoms with Gasteiger partial charge in [-0.1, -0.05) is 16.7 Å². The van der Waals surface area contributed by atoms with Gasteiger partial charge in [0.25, 0.3) is 0 Å². The topological polar surface area (TPSA) is 177 Å². The Bertz CT molecular complexity index is 530. The number of rotatable bonds is 6. The lowest BCUT2D eigenvalue weighted by Gasteiger charge is -2.44. The van der Waals surface area contributed by atoms with Gasteiger partial charge >= 0.3 is 11.9 Å². The number of nitrogens with zero attached hydrogens (tertiary/aromatic N) is 3. The van der Waals surface area contributed by atoms with Crippen molar-refractivity contribution in [2.24, 2.45) is 10.8 Å². The molecule has 0 radical (unpaired) electrons. The zero-order valence-electron chi connectivity index (χ0n) is 13.0. The highest BCUT2D eigenvalue weighted by Crippen LogP contribution is 2.36. The molecule has 4 N–H and O–H groups in total. The fourth-order valence-corrected chi connectivity index (χ4v) is 2.71. The number of carbonyl (C=O) groups excluding carboxylic acids is 2. The lowest BCUT2D eigenvalue weighted by Crippen LogP contribution is -2.64. The number of hydrogen-bond donors (Lipinski definition) is 3. The summed E-state index contributed by atoms with van der Waals surface area (Å²) in [4.78, 5) is 25.5. The van der Waals surface area contributed by atoms with E-state index in [0.717, 1.165) is 14.0 Å². The second kappa shape index (κ2) is 8.47. The van der Waals surface area contributed by atoms with E-state index >= 15 is 0 Å². The van der Waals surface area contributed by atoms with E-state index in [1.54, 1.807) is 0 Å². The number of methoxy groups -OCH3 is 1. The average Bonchev–Trinajstić information content (AvgIpc) is 2.54. The molecule has 1 heterocycles. The second-order valence-electron chi connectivity index (χ2n) is 5.18. The first-order chi connectivity index (χ1) is 11.2. The summed E-state index contributed by atoms with van der Waals surface area (Å²) in [5, 5.41) is 21.0. The Labute approximate surface area is 142 Å². The van der Waals surface area contributed by atoms with E-state index in [1.807, 2.05) is 0 Å². The van der Waals surface area contributed by atoms with Gasteiger partial charge in [0.2, 0.25) is 5.06 Å². The van der Waals surface area contributed by atoms with Crippen molar-refractivity contribution in [1.29, 1.82) is 0 Å². The molecule has 1 aliphatic heterocycles. The summed E-state index contributed by atoms with van der Waals surface area (Å²) >= 11 is 6.10. The molecular weight excluding hydrogens is 348 g/mol. The molecule has 0 bridgehead atoms. The number of halogens is 1. The van der Waals surface area contributed by atoms with Crippen LogP contribution >= 0.6 is 11.6 Å². The molecule has 0 aromatic heterocycles. The average molecular weight is 367 g/mol. The summed E-state index contributed by atoms with van der Waals surface area (Å²) in [5.41, 5.74) is 14.5. The summed E-state index contributed by atoms with van der Waals surface area (Å²) < 4.78 is 14.7. The van der Waals surface area contributed by atoms with Gasteiger partial charge in [0.1, 0.15) is 12.2 Å². The van der Waals surface area contributed by atoms with Crippen molar-refractivity contribution in [2.75, 3.05) is 13.7 Å². The molecule has 6 atom stereocenters. The van der Waals surface area contributed by atoms with Crippen LogP contribution in [0.15, 0.2) is 5.11 Å². The molecular formula is C12H19ClN4O7. The Hall–Kier alpha value is -1.62. The molecule has 12 heteroatoms. The van der Waals surface area contributed by atoms with Gasteiger partial charge in [0, 0.05) is 24.3 Å². The van der Waals surface area contributed by atoms with Gasteiger partial charge in [-0.2, -0.15) is 0 Å². The highest BCUT2D eigenvalue weighted by atomic mass is 35.5. The van der Waals surface area contributed by atoms with E-state index in [0.29, 0.717) is 0 Å². The van der Waals surface area contributed by atoms with Crippen molar-refractivity contribution in [1.82, 2.24) is 0 Å². The number of alkyl halides is 1. The number of nitrogens with two attached hydrogens (primary N) is 1. The van der Waals surface area contributed by atoms with Gasteiger partial charge in [-0.25, -0.2) is 4.79 Å². The first-order valence-corrected chi connectivity index (χ1v) is 7.29. The fraction of sp³-hybridized carbons (Fsp3) is 0.833. The van der Waals surface area contributed by atoms with Crippen molar-refractivity contribution < 1.29 is 34.0 Å². The molecule has 0 saturated carbocycles. The number of aliphatic hydroxyl groups is 2. The van der Waals surface area contributed by atoms with Crippen LogP contribution in [0.2, 0.25) is 0 Å². The van der Waals surface area contributed by atoms with Gasteiger partial charge in [-0.15, -0.1) is 0 Å². The highest BCUT2D eigenvalue weighted by molar-refractivity contribution is 6.32. The zero-order valence-corrected chi connectivity index (χ0v) is 13.8. The fourth-order valence-electron chi connectivity index (χ4n) is 2.37. The van der Waals surface area contributed by atoms with E-state index in [-0.39, 0.29) is 6.42 Å². The monoisotopic (exact) mass is 366 g/mol. The molecule has 0 amide bonds. The minimum atomic E-state index is -2.05. The number of esters is 2. The Balaban J connectivity index is 3.14. The van der Waals surface area contributed by atoms with E-state index in [9.17, 15) is 19.8 Å². The molecule has 1 fully saturated rings. The van der Waals surface area contributed by atoms with Crippen molar-refractivity contribution >= 4 is 23.5 Å². The Morgan fingerprint density at radius 1 is 1.62 bits per heavy atom. The largest absolute Gasteiger partial charge is 0.466 e. The maximum Gasteiger partial charge on any atom is 0.354 e. The van der Waals surface area contributed by atoms with Crippen LogP contribution in [-0.4, -0.2) is 71.3 Å². The van der Waals surface area contributed by atoms with Gasteiger partial charge in [0.05, 0.1) is 19.8 Å². The van der Waals surface area contributed by atoms with Crippen molar-refractivity contribution in [3.8, 4) is 0 Å². The molecule has 1 aliphatic rings. The normalized spacial score (nSPS) is 32.2. The van der Waals surface area contributed by atoms with Crippen LogP contribution in [0.3, 0.4) is 0 Å². The second-order valence-corrected chi connectivity index (χ2v) is 5.79. The summed E-state index contributed by atoms with van der Waals surface area (Å²) in [6.07, 6.45) is -4.66. The van der Waals surface area contributed by atoms with E-state index < -0.39 is 54.0 Å². The van der Waals surface area contributed by atoms with Crippen LogP contribution in [0, 0.1) is 0 Å². The van der Waals surface area contributed by atoms with Crippen LogP contribution in [-0.2, 0) is 23.8 Å². The van der Waals surface area contributed by atoms with Crippen LogP contribution in [0.1, 0.15) is 13.3 Å². The Morgan fingerprint density at radius 3 is 2.71 bits per heavy atom. The SMILES string of the molecule is COC(=O)[C@]1(Cl)C[C@@H](N=[N+]=[N-])[C@@H](N)C([C@H](O)[C@@H](CO)OC(C)=O)O1. The predicted octanol–water partition coefficient (Wildman–Crippen LogP) is -0.825. The summed E-state index contributed by atoms with van der Waals surface area (Å²) in [6, 6.07) is -2.08. The number of azide groups is 1. The maximum absolute atomic E-state index is 11.9. The molecule has 1 unspecified atom stereocenters. The quantitative estimate of drug-likeness (QED) is 0.179. The molecule has 136 valence electrons. The lowest BCUT2D eigenvalue weighted by atomic mass is 9.89. The van der Waals surface area contributed by atoms with E-state index in [4.69, 9.17) is 32.3 Å². The smallest absolute Gasteiger partial charge is 0.354 e. The standard InChI is InChI=1S/C12H19ClN4O7/c1-5(19)23-7(4-18)9(20)10-8(14)6(16-17-15)3-12(13,24-10)11(21)22-2/h6-10,18,20H,3-4,14H2,1-2H3/t6-,7-,8-,9-,10?,12+/m1/s1. The summed E-state index contributed by atoms with van der Waals surface area (Å²) in [5.74, 6) is -1.73. The third-order valence-corrected chi connectivity index (χ3v) is 3.92. The molecule has 0 aliphatic carbocycles. The first kappa shape index (κ1) is 20.4. The first-order valence-electron chi connectivity index (χ1n) is 6.91. The molecule has 24 heavy (non-hydrogen) atoms. The molecule has 0 aromatic rings. The third kappa shape index (κ3) is 4.47. The molecule has 0 aromatic carbocycles. The highest BCUT2D eigenvalue weighted by Gasteiger charge is 2.53. The minimum absolute atomic E-state index is 0.285. The number of aliphatic hydroxyl groups excluding tert-OH is 2. The summed E-state index contributed by atoms with van der Waals surface area (Å²) in [7, 11) is 1.08. The van der Waals surface area contributed by atoms with Crippen molar-refractivity contribution in [3.63, 3.8) is 0 Å². The third-order valence-electron chi connectivity index (χ3n) is 3.52. The maximum atomic E-state index is 11.9. The number of hydrogen-bond acceptors (Lipinski definition) is 9. The number of ether oxygens (including phenoxy) is 3. The van der Waals surface area contributed by atoms with E-state index in [1.165, 1.54) is 0 Å². The Morgan fingerprint density at radius 2 is 2.25 bits per heavy atom. The Kier molecular flexibility index (Phi) is 7.21. The molecule has 1 saturated heterocycles. The molecule has 11 nitrogen and oxygen atoms in total. The van der Waals surface area contributed by atoms with Gasteiger partial charge in [0.15, 0.2) is 6.10 Å².